The first-order valence-corrected chi connectivity index (χ1v) is 4.21. The van der Waals surface area contributed by atoms with Crippen LogP contribution in [0.15, 0.2) is 6.20 Å². The van der Waals surface area contributed by atoms with Gasteiger partial charge in [-0.25, -0.2) is 0 Å². The molecule has 64 valence electrons. The van der Waals surface area contributed by atoms with Crippen LogP contribution in [0.1, 0.15) is 11.7 Å². The third-order valence-electron chi connectivity index (χ3n) is 2.59. The molecule has 2 aliphatic heterocycles. The Morgan fingerprint density at radius 3 is 3.58 bits per heavy atom. The van der Waals surface area contributed by atoms with Gasteiger partial charge in [0.2, 0.25) is 6.20 Å². The van der Waals surface area contributed by atoms with Crippen molar-refractivity contribution in [2.75, 3.05) is 13.1 Å². The molecule has 1 aromatic heterocycles. The first-order valence-electron chi connectivity index (χ1n) is 4.21. The summed E-state index contributed by atoms with van der Waals surface area (Å²) in [5, 5.41) is 10.3. The Labute approximate surface area is 69.7 Å². The zero-order valence-electron chi connectivity index (χ0n) is 6.66. The van der Waals surface area contributed by atoms with E-state index >= 15 is 0 Å². The number of nitrogens with one attached hydrogen (secondary N) is 2. The van der Waals surface area contributed by atoms with Crippen LogP contribution in [0.5, 0.6) is 0 Å². The summed E-state index contributed by atoms with van der Waals surface area (Å²) in [5.74, 6) is 0. The van der Waals surface area contributed by atoms with Gasteiger partial charge in [0.15, 0.2) is 11.7 Å². The first-order chi connectivity index (χ1) is 5.95. The average molecular weight is 167 g/mol. The van der Waals surface area contributed by atoms with Crippen molar-refractivity contribution >= 4 is 0 Å². The number of fused-ring (bicyclic) bond motifs is 3. The Morgan fingerprint density at radius 2 is 2.58 bits per heavy atom. The second kappa shape index (κ2) is 2.27. The van der Waals surface area contributed by atoms with Crippen LogP contribution in [-0.4, -0.2) is 29.5 Å². The van der Waals surface area contributed by atoms with Crippen LogP contribution in [-0.2, 0) is 11.3 Å². The summed E-state index contributed by atoms with van der Waals surface area (Å²) in [5.41, 5.74) is 1.14. The lowest BCUT2D eigenvalue weighted by atomic mass is 10.2. The molecular formula is C7H11N4O+. The van der Waals surface area contributed by atoms with Gasteiger partial charge in [-0.05, 0) is 0 Å². The van der Waals surface area contributed by atoms with Crippen LogP contribution in [0.3, 0.4) is 0 Å². The van der Waals surface area contributed by atoms with E-state index < -0.39 is 0 Å². The molecule has 3 rings (SSSR count). The maximum atomic E-state index is 5.64. The van der Waals surface area contributed by atoms with E-state index in [1.54, 1.807) is 0 Å². The van der Waals surface area contributed by atoms with Crippen LogP contribution >= 0.6 is 0 Å². The van der Waals surface area contributed by atoms with Crippen molar-refractivity contribution in [2.24, 2.45) is 0 Å². The SMILES string of the molecule is c1n[nH][n+]2c1CO[C@H]1CNC[C@@H]12. The molecular weight excluding hydrogens is 156 g/mol. The molecule has 5 heteroatoms. The van der Waals surface area contributed by atoms with Gasteiger partial charge >= 0.3 is 0 Å². The van der Waals surface area contributed by atoms with Crippen molar-refractivity contribution in [1.29, 1.82) is 0 Å². The standard InChI is InChI=1S/C7H10N4O/c1-5-4-12-7-3-8-2-6(7)11(5)10-9-1/h1,6-8H,2-4H2/p+1/t6-,7-/m0/s1. The van der Waals surface area contributed by atoms with Crippen LogP contribution in [0.2, 0.25) is 0 Å². The van der Waals surface area contributed by atoms with Crippen molar-refractivity contribution in [1.82, 2.24) is 15.6 Å². The highest BCUT2D eigenvalue weighted by molar-refractivity contribution is 4.89. The van der Waals surface area contributed by atoms with Crippen molar-refractivity contribution in [3.05, 3.63) is 11.9 Å². The Hall–Kier alpha value is -0.940. The first kappa shape index (κ1) is 6.56. The molecule has 1 aromatic rings. The highest BCUT2D eigenvalue weighted by Crippen LogP contribution is 2.18. The Balaban J connectivity index is 2.04. The van der Waals surface area contributed by atoms with E-state index in [9.17, 15) is 0 Å². The number of ether oxygens (including phenoxy) is 1. The molecule has 0 spiro atoms. The van der Waals surface area contributed by atoms with Crippen molar-refractivity contribution < 1.29 is 9.42 Å². The van der Waals surface area contributed by atoms with E-state index in [0.29, 0.717) is 18.8 Å². The summed E-state index contributed by atoms with van der Waals surface area (Å²) in [7, 11) is 0. The third kappa shape index (κ3) is 0.748. The molecule has 0 amide bonds. The van der Waals surface area contributed by atoms with E-state index in [2.05, 4.69) is 20.3 Å². The topological polar surface area (TPSA) is 53.8 Å². The maximum Gasteiger partial charge on any atom is 0.211 e. The number of nitrogens with zero attached hydrogens (tertiary/aromatic N) is 2. The van der Waals surface area contributed by atoms with Gasteiger partial charge in [-0.1, -0.05) is 5.21 Å². The van der Waals surface area contributed by atoms with Crippen LogP contribution in [0.4, 0.5) is 0 Å². The molecule has 0 aromatic carbocycles. The zero-order valence-corrected chi connectivity index (χ0v) is 6.66. The molecule has 0 radical (unpaired) electrons. The summed E-state index contributed by atoms with van der Waals surface area (Å²) in [6.07, 6.45) is 2.15. The molecule has 0 aliphatic carbocycles. The normalized spacial score (nSPS) is 33.0. The lowest BCUT2D eigenvalue weighted by molar-refractivity contribution is -0.794. The van der Waals surface area contributed by atoms with Gasteiger partial charge in [-0.2, -0.15) is 4.68 Å². The average Bonchev–Trinajstić information content (AvgIpc) is 2.71. The van der Waals surface area contributed by atoms with Crippen LogP contribution in [0, 0.1) is 0 Å². The quantitative estimate of drug-likeness (QED) is 0.474. The van der Waals surface area contributed by atoms with Gasteiger partial charge < -0.3 is 10.1 Å². The molecule has 2 aliphatic rings. The van der Waals surface area contributed by atoms with Crippen LogP contribution in [0.25, 0.3) is 0 Å². The lowest BCUT2D eigenvalue weighted by Crippen LogP contribution is -2.53. The smallest absolute Gasteiger partial charge is 0.211 e. The predicted molar refractivity (Wildman–Crippen MR) is 39.3 cm³/mol. The molecule has 0 bridgehead atoms. The van der Waals surface area contributed by atoms with Gasteiger partial charge in [-0.3, -0.25) is 0 Å². The maximum absolute atomic E-state index is 5.64. The highest BCUT2D eigenvalue weighted by Gasteiger charge is 2.39. The molecule has 2 atom stereocenters. The molecule has 0 unspecified atom stereocenters. The lowest BCUT2D eigenvalue weighted by Gasteiger charge is -2.20. The Morgan fingerprint density at radius 1 is 1.58 bits per heavy atom. The van der Waals surface area contributed by atoms with E-state index in [1.165, 1.54) is 0 Å². The fourth-order valence-electron chi connectivity index (χ4n) is 1.95. The van der Waals surface area contributed by atoms with E-state index in [4.69, 9.17) is 4.74 Å². The molecule has 0 saturated carbocycles. The number of H-pyrrole nitrogens is 1. The largest absolute Gasteiger partial charge is 0.364 e. The van der Waals surface area contributed by atoms with Gasteiger partial charge in [0.1, 0.15) is 12.7 Å². The minimum atomic E-state index is 0.322. The number of hydrogen-bond donors (Lipinski definition) is 2. The summed E-state index contributed by atoms with van der Waals surface area (Å²) in [6, 6.07) is 0.413. The summed E-state index contributed by atoms with van der Waals surface area (Å²) >= 11 is 0. The molecule has 5 nitrogen and oxygen atoms in total. The van der Waals surface area contributed by atoms with Gasteiger partial charge in [0, 0.05) is 18.2 Å². The summed E-state index contributed by atoms with van der Waals surface area (Å²) in [4.78, 5) is 0. The van der Waals surface area contributed by atoms with E-state index in [1.807, 2.05) is 6.20 Å². The van der Waals surface area contributed by atoms with Crippen molar-refractivity contribution in [3.63, 3.8) is 0 Å². The number of hydrogen-bond acceptors (Lipinski definition) is 3. The zero-order chi connectivity index (χ0) is 7.97. The Kier molecular flexibility index (Phi) is 1.24. The Bertz CT molecular complexity index is 297. The van der Waals surface area contributed by atoms with E-state index in [0.717, 1.165) is 18.8 Å². The highest BCUT2D eigenvalue weighted by atomic mass is 16.5. The van der Waals surface area contributed by atoms with Gasteiger partial charge in [0.25, 0.3) is 0 Å². The molecule has 1 saturated heterocycles. The minimum Gasteiger partial charge on any atom is -0.364 e. The summed E-state index contributed by atoms with van der Waals surface area (Å²) < 4.78 is 7.75. The fourth-order valence-corrected chi connectivity index (χ4v) is 1.95. The third-order valence-corrected chi connectivity index (χ3v) is 2.59. The molecule has 3 heterocycles. The van der Waals surface area contributed by atoms with Crippen molar-refractivity contribution in [2.45, 2.75) is 18.8 Å². The molecule has 1 fully saturated rings. The summed E-state index contributed by atoms with van der Waals surface area (Å²) in [6.45, 7) is 2.61. The second-order valence-electron chi connectivity index (χ2n) is 3.29. The van der Waals surface area contributed by atoms with Gasteiger partial charge in [0.05, 0.1) is 0 Å². The van der Waals surface area contributed by atoms with Crippen LogP contribution < -0.4 is 10.00 Å². The fraction of sp³-hybridized carbons (Fsp3) is 0.714. The monoisotopic (exact) mass is 167 g/mol. The number of rotatable bonds is 0. The number of aromatic nitrogens is 3. The number of aromatic amines is 1. The van der Waals surface area contributed by atoms with Gasteiger partial charge in [-0.15, -0.1) is 0 Å². The molecule has 12 heavy (non-hydrogen) atoms. The van der Waals surface area contributed by atoms with E-state index in [-0.39, 0.29) is 0 Å². The minimum absolute atomic E-state index is 0.322. The molecule has 2 N–H and O–H groups in total. The predicted octanol–water partition coefficient (Wildman–Crippen LogP) is -1.26. The van der Waals surface area contributed by atoms with Crippen molar-refractivity contribution in [3.8, 4) is 0 Å². The second-order valence-corrected chi connectivity index (χ2v) is 3.29.